The van der Waals surface area contributed by atoms with Crippen molar-refractivity contribution >= 4 is 34.4 Å². The monoisotopic (exact) mass is 403 g/mol. The lowest BCUT2D eigenvalue weighted by molar-refractivity contribution is -0.390. The van der Waals surface area contributed by atoms with E-state index in [0.717, 1.165) is 0 Å². The van der Waals surface area contributed by atoms with Crippen molar-refractivity contribution < 1.29 is 19.6 Å². The van der Waals surface area contributed by atoms with Crippen LogP contribution in [0.15, 0.2) is 18.2 Å². The Morgan fingerprint density at radius 3 is 2.76 bits per heavy atom. The van der Waals surface area contributed by atoms with Crippen molar-refractivity contribution in [2.24, 2.45) is 7.05 Å². The van der Waals surface area contributed by atoms with Crippen LogP contribution in [0.25, 0.3) is 0 Å². The highest BCUT2D eigenvalue weighted by Gasteiger charge is 2.27. The third-order valence-electron chi connectivity index (χ3n) is 2.80. The second-order valence-corrected chi connectivity index (χ2v) is 5.40. The van der Waals surface area contributed by atoms with Crippen molar-refractivity contribution in [1.82, 2.24) is 9.55 Å². The number of benzene rings is 1. The molecule has 8 nitrogen and oxygen atoms in total. The molecule has 110 valence electrons. The Labute approximate surface area is 132 Å². The molecule has 0 bridgehead atoms. The van der Waals surface area contributed by atoms with E-state index in [-0.39, 0.29) is 17.2 Å². The first-order chi connectivity index (χ1) is 9.81. The van der Waals surface area contributed by atoms with E-state index in [1.54, 1.807) is 20.0 Å². The van der Waals surface area contributed by atoms with Gasteiger partial charge in [-0.25, -0.2) is 4.79 Å². The molecule has 9 heteroatoms. The molecule has 0 atom stereocenters. The molecular formula is C12H10IN3O5. The molecule has 1 aromatic heterocycles. The summed E-state index contributed by atoms with van der Waals surface area (Å²) in [6.07, 6.45) is 0. The lowest BCUT2D eigenvalue weighted by atomic mass is 10.2. The molecule has 0 aliphatic rings. The van der Waals surface area contributed by atoms with Gasteiger partial charge in [-0.05, 0) is 50.7 Å². The summed E-state index contributed by atoms with van der Waals surface area (Å²) in [6.45, 7) is 1.59. The fraction of sp³-hybridized carbons (Fsp3) is 0.167. The van der Waals surface area contributed by atoms with Crippen LogP contribution in [0.2, 0.25) is 0 Å². The molecule has 0 unspecified atom stereocenters. The topological polar surface area (TPSA) is 107 Å². The zero-order valence-corrected chi connectivity index (χ0v) is 13.2. The van der Waals surface area contributed by atoms with Crippen LogP contribution >= 0.6 is 22.6 Å². The minimum atomic E-state index is -1.18. The van der Waals surface area contributed by atoms with E-state index in [2.05, 4.69) is 4.98 Å². The lowest BCUT2D eigenvalue weighted by Gasteiger charge is -2.09. The number of ether oxygens (including phenoxy) is 1. The van der Waals surface area contributed by atoms with Gasteiger partial charge in [0.2, 0.25) is 5.82 Å². The van der Waals surface area contributed by atoms with E-state index in [1.165, 1.54) is 16.7 Å². The fourth-order valence-electron chi connectivity index (χ4n) is 1.67. The Morgan fingerprint density at radius 1 is 1.52 bits per heavy atom. The van der Waals surface area contributed by atoms with E-state index in [0.29, 0.717) is 9.39 Å². The molecule has 0 spiro atoms. The number of aryl methyl sites for hydroxylation is 1. The number of nitrogens with zero attached hydrogens (tertiary/aromatic N) is 3. The van der Waals surface area contributed by atoms with Gasteiger partial charge in [-0.1, -0.05) is 0 Å². The number of aromatic carboxylic acids is 1. The summed E-state index contributed by atoms with van der Waals surface area (Å²) in [6, 6.07) is 4.53. The average molecular weight is 403 g/mol. The molecule has 1 N–H and O–H groups in total. The van der Waals surface area contributed by atoms with Crippen LogP contribution in [-0.2, 0) is 7.05 Å². The number of carbonyl (C=O) groups is 1. The van der Waals surface area contributed by atoms with Gasteiger partial charge in [0.15, 0.2) is 0 Å². The van der Waals surface area contributed by atoms with Gasteiger partial charge in [-0.15, -0.1) is 0 Å². The first kappa shape index (κ1) is 15.2. The molecule has 1 aromatic carbocycles. The standard InChI is InChI=1S/C12H10IN3O5/c1-6-14-10(16(19)20)11(15(6)2)21-9-4-3-7(13)5-8(9)12(17)18/h3-5H,1-2H3,(H,17,18). The summed E-state index contributed by atoms with van der Waals surface area (Å²) in [5.41, 5.74) is -0.0740. The van der Waals surface area contributed by atoms with Crippen molar-refractivity contribution in [3.05, 3.63) is 43.3 Å². The van der Waals surface area contributed by atoms with Gasteiger partial charge in [0.25, 0.3) is 0 Å². The van der Waals surface area contributed by atoms with Gasteiger partial charge in [-0.3, -0.25) is 4.57 Å². The molecule has 0 aliphatic heterocycles. The van der Waals surface area contributed by atoms with Crippen LogP contribution in [0.5, 0.6) is 11.6 Å². The van der Waals surface area contributed by atoms with E-state index in [9.17, 15) is 20.0 Å². The maximum Gasteiger partial charge on any atom is 0.427 e. The summed E-state index contributed by atoms with van der Waals surface area (Å²) in [5, 5.41) is 20.2. The SMILES string of the molecule is Cc1nc([N+](=O)[O-])c(Oc2ccc(I)cc2C(=O)O)n1C. The normalized spacial score (nSPS) is 10.4. The minimum Gasteiger partial charge on any atom is -0.478 e. The third kappa shape index (κ3) is 2.96. The first-order valence-electron chi connectivity index (χ1n) is 5.69. The van der Waals surface area contributed by atoms with Gasteiger partial charge in [0.05, 0.1) is 0 Å². The number of halogens is 1. The number of carboxylic acids is 1. The summed E-state index contributed by atoms with van der Waals surface area (Å²) < 4.78 is 7.55. The number of rotatable bonds is 4. The number of aromatic nitrogens is 2. The molecule has 2 aromatic rings. The van der Waals surface area contributed by atoms with Crippen LogP contribution in [0, 0.1) is 20.6 Å². The number of nitro groups is 1. The number of imidazole rings is 1. The summed E-state index contributed by atoms with van der Waals surface area (Å²) in [7, 11) is 1.55. The van der Waals surface area contributed by atoms with E-state index < -0.39 is 16.7 Å². The van der Waals surface area contributed by atoms with E-state index >= 15 is 0 Å². The average Bonchev–Trinajstić information content (AvgIpc) is 2.69. The van der Waals surface area contributed by atoms with Crippen LogP contribution < -0.4 is 4.74 Å². The first-order valence-corrected chi connectivity index (χ1v) is 6.77. The minimum absolute atomic E-state index is 0.0222. The number of carboxylic acid groups (broad SMARTS) is 1. The molecule has 0 saturated carbocycles. The maximum atomic E-state index is 11.2. The lowest BCUT2D eigenvalue weighted by Crippen LogP contribution is -2.03. The van der Waals surface area contributed by atoms with Crippen molar-refractivity contribution in [2.75, 3.05) is 0 Å². The molecule has 0 radical (unpaired) electrons. The number of hydrogen-bond acceptors (Lipinski definition) is 5. The highest BCUT2D eigenvalue weighted by atomic mass is 127. The van der Waals surface area contributed by atoms with Gasteiger partial charge in [0.1, 0.15) is 11.3 Å². The van der Waals surface area contributed by atoms with Crippen molar-refractivity contribution in [3.8, 4) is 11.6 Å². The van der Waals surface area contributed by atoms with Crippen LogP contribution in [0.1, 0.15) is 16.2 Å². The third-order valence-corrected chi connectivity index (χ3v) is 3.47. The Morgan fingerprint density at radius 2 is 2.19 bits per heavy atom. The van der Waals surface area contributed by atoms with Crippen molar-refractivity contribution in [1.29, 1.82) is 0 Å². The van der Waals surface area contributed by atoms with Gasteiger partial charge in [-0.2, -0.15) is 0 Å². The highest BCUT2D eigenvalue weighted by Crippen LogP contribution is 2.33. The van der Waals surface area contributed by atoms with Crippen LogP contribution in [-0.4, -0.2) is 25.6 Å². The van der Waals surface area contributed by atoms with Gasteiger partial charge < -0.3 is 20.0 Å². The molecule has 0 fully saturated rings. The second-order valence-electron chi connectivity index (χ2n) is 4.15. The molecule has 0 aliphatic carbocycles. The molecular weight excluding hydrogens is 393 g/mol. The Hall–Kier alpha value is -2.17. The molecule has 21 heavy (non-hydrogen) atoms. The maximum absolute atomic E-state index is 11.2. The van der Waals surface area contributed by atoms with E-state index in [4.69, 9.17) is 4.74 Å². The Balaban J connectivity index is 2.53. The molecule has 2 rings (SSSR count). The van der Waals surface area contributed by atoms with Crippen LogP contribution in [0.4, 0.5) is 5.82 Å². The zero-order valence-electron chi connectivity index (χ0n) is 11.0. The Bertz CT molecular complexity index is 741. The predicted octanol–water partition coefficient (Wildman–Crippen LogP) is 2.73. The second kappa shape index (κ2) is 5.68. The summed E-state index contributed by atoms with van der Waals surface area (Å²) >= 11 is 1.97. The molecule has 0 saturated heterocycles. The largest absolute Gasteiger partial charge is 0.478 e. The molecule has 1 heterocycles. The van der Waals surface area contributed by atoms with Gasteiger partial charge >= 0.3 is 17.7 Å². The number of hydrogen-bond donors (Lipinski definition) is 1. The van der Waals surface area contributed by atoms with E-state index in [1.807, 2.05) is 22.6 Å². The van der Waals surface area contributed by atoms with Crippen molar-refractivity contribution in [3.63, 3.8) is 0 Å². The van der Waals surface area contributed by atoms with Crippen LogP contribution in [0.3, 0.4) is 0 Å². The van der Waals surface area contributed by atoms with Crippen molar-refractivity contribution in [2.45, 2.75) is 6.92 Å². The fourth-order valence-corrected chi connectivity index (χ4v) is 2.16. The quantitative estimate of drug-likeness (QED) is 0.478. The zero-order chi connectivity index (χ0) is 15.7. The van der Waals surface area contributed by atoms with Gasteiger partial charge in [0, 0.05) is 17.5 Å². The summed E-state index contributed by atoms with van der Waals surface area (Å²) in [5.74, 6) is -1.33. The smallest absolute Gasteiger partial charge is 0.427 e. The highest BCUT2D eigenvalue weighted by molar-refractivity contribution is 14.1. The Kier molecular flexibility index (Phi) is 4.11. The summed E-state index contributed by atoms with van der Waals surface area (Å²) in [4.78, 5) is 25.3. The molecule has 0 amide bonds. The predicted molar refractivity (Wildman–Crippen MR) is 80.8 cm³/mol.